The van der Waals surface area contributed by atoms with Crippen LogP contribution in [0.4, 0.5) is 11.5 Å². The summed E-state index contributed by atoms with van der Waals surface area (Å²) in [4.78, 5) is 8.30. The summed E-state index contributed by atoms with van der Waals surface area (Å²) in [5, 5.41) is 0. The molecule has 1 aliphatic rings. The molecule has 0 bridgehead atoms. The summed E-state index contributed by atoms with van der Waals surface area (Å²) < 4.78 is 0. The molecule has 0 aromatic carbocycles. The van der Waals surface area contributed by atoms with Gasteiger partial charge in [0.15, 0.2) is 5.82 Å². The fourth-order valence-electron chi connectivity index (χ4n) is 0.942. The first-order chi connectivity index (χ1) is 5.36. The largest absolute Gasteiger partial charge is 0.287 e. The second kappa shape index (κ2) is 2.23. The van der Waals surface area contributed by atoms with Gasteiger partial charge in [0.2, 0.25) is 0 Å². The maximum atomic E-state index is 4.23. The van der Waals surface area contributed by atoms with Crippen molar-refractivity contribution >= 4 is 17.3 Å². The van der Waals surface area contributed by atoms with Crippen LogP contribution >= 0.6 is 0 Å². The quantitative estimate of drug-likeness (QED) is 0.578. The molecule has 11 heavy (non-hydrogen) atoms. The number of hydrogen-bond donors (Lipinski definition) is 2. The Morgan fingerprint density at radius 2 is 2.27 bits per heavy atom. The molecule has 0 radical (unpaired) electrons. The number of amidine groups is 1. The number of hydrogen-bond acceptors (Lipinski definition) is 4. The number of nitrogens with one attached hydrogen (secondary N) is 2. The predicted octanol–water partition coefficient (Wildman–Crippen LogP) is 1.06. The van der Waals surface area contributed by atoms with Crippen LogP contribution in [-0.4, -0.2) is 10.8 Å². The summed E-state index contributed by atoms with van der Waals surface area (Å²) in [6.07, 6.45) is 1.73. The molecule has 0 spiro atoms. The first-order valence-corrected chi connectivity index (χ1v) is 3.38. The number of aromatic nitrogens is 1. The maximum Gasteiger partial charge on any atom is 0.170 e. The van der Waals surface area contributed by atoms with Gasteiger partial charge in [-0.1, -0.05) is 0 Å². The normalized spacial score (nSPS) is 14.1. The number of hydrazine groups is 1. The highest BCUT2D eigenvalue weighted by atomic mass is 15.4. The molecule has 0 atom stereocenters. The lowest BCUT2D eigenvalue weighted by Crippen LogP contribution is -2.29. The first kappa shape index (κ1) is 6.15. The third kappa shape index (κ3) is 1.02. The summed E-state index contributed by atoms with van der Waals surface area (Å²) in [5.74, 6) is 1.63. The van der Waals surface area contributed by atoms with Gasteiger partial charge in [-0.2, -0.15) is 0 Å². The summed E-state index contributed by atoms with van der Waals surface area (Å²) in [7, 11) is 0. The van der Waals surface area contributed by atoms with Crippen molar-refractivity contribution in [3.05, 3.63) is 18.3 Å². The zero-order valence-corrected chi connectivity index (χ0v) is 6.13. The van der Waals surface area contributed by atoms with Crippen molar-refractivity contribution in [3.63, 3.8) is 0 Å². The lowest BCUT2D eigenvalue weighted by Gasteiger charge is -2.15. The van der Waals surface area contributed by atoms with Crippen LogP contribution in [0.2, 0.25) is 0 Å². The van der Waals surface area contributed by atoms with Crippen molar-refractivity contribution in [1.82, 2.24) is 10.4 Å². The van der Waals surface area contributed by atoms with E-state index in [9.17, 15) is 0 Å². The fraction of sp³-hybridized carbons (Fsp3) is 0.143. The molecule has 1 aromatic heterocycles. The van der Waals surface area contributed by atoms with Gasteiger partial charge in [0.25, 0.3) is 0 Å². The minimum atomic E-state index is 0.776. The Kier molecular flexibility index (Phi) is 1.25. The van der Waals surface area contributed by atoms with Crippen molar-refractivity contribution in [2.24, 2.45) is 4.99 Å². The van der Waals surface area contributed by atoms with Gasteiger partial charge < -0.3 is 0 Å². The molecule has 2 heterocycles. The Morgan fingerprint density at radius 3 is 3.18 bits per heavy atom. The zero-order valence-electron chi connectivity index (χ0n) is 6.13. The minimum Gasteiger partial charge on any atom is -0.287 e. The van der Waals surface area contributed by atoms with E-state index in [2.05, 4.69) is 20.8 Å². The van der Waals surface area contributed by atoms with Crippen molar-refractivity contribution in [1.29, 1.82) is 0 Å². The van der Waals surface area contributed by atoms with Gasteiger partial charge in [-0.3, -0.25) is 10.9 Å². The molecular weight excluding hydrogens is 140 g/mol. The van der Waals surface area contributed by atoms with Gasteiger partial charge in [0.1, 0.15) is 11.5 Å². The number of fused-ring (bicyclic) bond motifs is 1. The molecule has 0 saturated carbocycles. The van der Waals surface area contributed by atoms with Gasteiger partial charge >= 0.3 is 0 Å². The van der Waals surface area contributed by atoms with E-state index in [1.165, 1.54) is 0 Å². The Balaban J connectivity index is 2.51. The number of pyridine rings is 1. The van der Waals surface area contributed by atoms with E-state index in [1.807, 2.05) is 19.1 Å². The van der Waals surface area contributed by atoms with E-state index >= 15 is 0 Å². The summed E-state index contributed by atoms with van der Waals surface area (Å²) in [6, 6.07) is 3.78. The van der Waals surface area contributed by atoms with Gasteiger partial charge in [0.05, 0.1) is 0 Å². The molecule has 0 amide bonds. The molecule has 1 aromatic rings. The second-order valence-electron chi connectivity index (χ2n) is 2.32. The highest BCUT2D eigenvalue weighted by Gasteiger charge is 2.06. The van der Waals surface area contributed by atoms with Crippen molar-refractivity contribution < 1.29 is 0 Å². The van der Waals surface area contributed by atoms with Crippen molar-refractivity contribution in [2.75, 3.05) is 5.43 Å². The van der Waals surface area contributed by atoms with Crippen LogP contribution in [0.15, 0.2) is 23.3 Å². The van der Waals surface area contributed by atoms with Crippen LogP contribution in [0.25, 0.3) is 0 Å². The third-order valence-electron chi connectivity index (χ3n) is 1.44. The van der Waals surface area contributed by atoms with Crippen LogP contribution in [0, 0.1) is 0 Å². The van der Waals surface area contributed by atoms with E-state index in [0.717, 1.165) is 17.3 Å². The number of nitrogens with zero attached hydrogens (tertiary/aromatic N) is 2. The van der Waals surface area contributed by atoms with E-state index < -0.39 is 0 Å². The molecule has 2 N–H and O–H groups in total. The van der Waals surface area contributed by atoms with Gasteiger partial charge in [-0.15, -0.1) is 0 Å². The van der Waals surface area contributed by atoms with E-state index in [0.29, 0.717) is 0 Å². The SMILES string of the molecule is CC1=Nc2cccnc2NN1. The predicted molar refractivity (Wildman–Crippen MR) is 43.8 cm³/mol. The maximum absolute atomic E-state index is 4.23. The molecule has 4 nitrogen and oxygen atoms in total. The summed E-state index contributed by atoms with van der Waals surface area (Å²) in [6.45, 7) is 1.89. The van der Waals surface area contributed by atoms with E-state index in [1.54, 1.807) is 6.20 Å². The van der Waals surface area contributed by atoms with Crippen LogP contribution in [0.5, 0.6) is 0 Å². The number of anilines is 1. The Morgan fingerprint density at radius 1 is 1.36 bits per heavy atom. The average molecular weight is 148 g/mol. The summed E-state index contributed by atoms with van der Waals surface area (Å²) >= 11 is 0. The molecular formula is C7H8N4. The number of aliphatic imine (C=N–C) groups is 1. The van der Waals surface area contributed by atoms with E-state index in [4.69, 9.17) is 0 Å². The lowest BCUT2D eigenvalue weighted by molar-refractivity contribution is 1.04. The van der Waals surface area contributed by atoms with Crippen molar-refractivity contribution in [3.8, 4) is 0 Å². The van der Waals surface area contributed by atoms with Gasteiger partial charge in [-0.05, 0) is 19.1 Å². The lowest BCUT2D eigenvalue weighted by atomic mass is 10.4. The summed E-state index contributed by atoms with van der Waals surface area (Å²) in [5.41, 5.74) is 6.67. The zero-order chi connectivity index (χ0) is 7.68. The molecule has 56 valence electrons. The Bertz CT molecular complexity index is 305. The van der Waals surface area contributed by atoms with Crippen LogP contribution < -0.4 is 10.9 Å². The van der Waals surface area contributed by atoms with Crippen LogP contribution in [0.3, 0.4) is 0 Å². The average Bonchev–Trinajstić information content (AvgIpc) is 2.04. The molecule has 0 fully saturated rings. The minimum absolute atomic E-state index is 0.776. The standard InChI is InChI=1S/C7H8N4/c1-5-9-6-3-2-4-8-7(6)11-10-5/h2-4H,1H3,(H,8,11)(H,9,10). The molecule has 0 saturated heterocycles. The van der Waals surface area contributed by atoms with Gasteiger partial charge in [0, 0.05) is 6.20 Å². The monoisotopic (exact) mass is 148 g/mol. The first-order valence-electron chi connectivity index (χ1n) is 3.38. The Labute approximate surface area is 64.3 Å². The number of rotatable bonds is 0. The second-order valence-corrected chi connectivity index (χ2v) is 2.32. The Hall–Kier alpha value is -1.58. The molecule has 4 heteroatoms. The molecule has 0 aliphatic carbocycles. The van der Waals surface area contributed by atoms with Gasteiger partial charge in [-0.25, -0.2) is 9.98 Å². The highest BCUT2D eigenvalue weighted by molar-refractivity contribution is 5.88. The molecule has 2 rings (SSSR count). The topological polar surface area (TPSA) is 49.3 Å². The smallest absolute Gasteiger partial charge is 0.170 e. The van der Waals surface area contributed by atoms with Crippen LogP contribution in [0.1, 0.15) is 6.92 Å². The fourth-order valence-corrected chi connectivity index (χ4v) is 0.942. The van der Waals surface area contributed by atoms with Crippen LogP contribution in [-0.2, 0) is 0 Å². The molecule has 1 aliphatic heterocycles. The highest BCUT2D eigenvalue weighted by Crippen LogP contribution is 2.22. The van der Waals surface area contributed by atoms with E-state index in [-0.39, 0.29) is 0 Å². The third-order valence-corrected chi connectivity index (χ3v) is 1.44. The van der Waals surface area contributed by atoms with Crippen molar-refractivity contribution in [2.45, 2.75) is 6.92 Å². The molecule has 0 unspecified atom stereocenters.